The zero-order chi connectivity index (χ0) is 13.5. The van der Waals surface area contributed by atoms with E-state index in [0.29, 0.717) is 11.3 Å². The van der Waals surface area contributed by atoms with E-state index < -0.39 is 0 Å². The molecule has 0 aliphatic rings. The Bertz CT molecular complexity index is 612. The zero-order valence-electron chi connectivity index (χ0n) is 10.5. The minimum Gasteiger partial charge on any atom is -0.398 e. The molecule has 0 unspecified atom stereocenters. The first kappa shape index (κ1) is 12.8. The molecule has 0 aliphatic heterocycles. The number of benzene rings is 2. The summed E-state index contributed by atoms with van der Waals surface area (Å²) in [4.78, 5) is 11.9. The molecule has 0 spiro atoms. The van der Waals surface area contributed by atoms with Gasteiger partial charge in [0.1, 0.15) is 0 Å². The van der Waals surface area contributed by atoms with Gasteiger partial charge in [-0.05, 0) is 23.8 Å². The first-order valence-electron chi connectivity index (χ1n) is 6.06. The number of rotatable bonds is 4. The molecule has 2 aromatic rings. The van der Waals surface area contributed by atoms with Crippen molar-refractivity contribution in [1.29, 1.82) is 0 Å². The Morgan fingerprint density at radius 2 is 1.58 bits per heavy atom. The van der Waals surface area contributed by atoms with E-state index in [-0.39, 0.29) is 5.78 Å². The first-order chi connectivity index (χ1) is 9.27. The van der Waals surface area contributed by atoms with Gasteiger partial charge >= 0.3 is 0 Å². The van der Waals surface area contributed by atoms with Gasteiger partial charge in [-0.1, -0.05) is 60.7 Å². The van der Waals surface area contributed by atoms with Crippen molar-refractivity contribution in [1.82, 2.24) is 0 Å². The van der Waals surface area contributed by atoms with Crippen molar-refractivity contribution in [3.8, 4) is 0 Å². The van der Waals surface area contributed by atoms with E-state index in [9.17, 15) is 4.79 Å². The Labute approximate surface area is 112 Å². The Morgan fingerprint density at radius 3 is 2.32 bits per heavy atom. The Morgan fingerprint density at radius 1 is 0.895 bits per heavy atom. The number of carbonyl (C=O) groups is 1. The van der Waals surface area contributed by atoms with Crippen LogP contribution in [0.25, 0.3) is 6.08 Å². The van der Waals surface area contributed by atoms with Crippen LogP contribution >= 0.6 is 0 Å². The van der Waals surface area contributed by atoms with Crippen LogP contribution < -0.4 is 5.73 Å². The van der Waals surface area contributed by atoms with Crippen LogP contribution in [0.15, 0.2) is 72.8 Å². The van der Waals surface area contributed by atoms with Gasteiger partial charge in [-0.15, -0.1) is 0 Å². The van der Waals surface area contributed by atoms with Crippen molar-refractivity contribution in [2.45, 2.75) is 0 Å². The second-order valence-electron chi connectivity index (χ2n) is 4.08. The Balaban J connectivity index is 2.02. The van der Waals surface area contributed by atoms with E-state index >= 15 is 0 Å². The molecule has 0 fully saturated rings. The van der Waals surface area contributed by atoms with Crippen molar-refractivity contribution >= 4 is 17.5 Å². The molecule has 2 heteroatoms. The van der Waals surface area contributed by atoms with Crippen LogP contribution in [0, 0.1) is 0 Å². The number of allylic oxidation sites excluding steroid dienone is 3. The highest BCUT2D eigenvalue weighted by Gasteiger charge is 2.03. The summed E-state index contributed by atoms with van der Waals surface area (Å²) < 4.78 is 0. The van der Waals surface area contributed by atoms with E-state index in [1.807, 2.05) is 48.6 Å². The van der Waals surface area contributed by atoms with Gasteiger partial charge in [-0.2, -0.15) is 0 Å². The molecule has 19 heavy (non-hydrogen) atoms. The number of hydrogen-bond acceptors (Lipinski definition) is 2. The summed E-state index contributed by atoms with van der Waals surface area (Å²) in [6.45, 7) is 0. The molecule has 0 saturated carbocycles. The molecular formula is C17H15NO. The highest BCUT2D eigenvalue weighted by atomic mass is 16.1. The van der Waals surface area contributed by atoms with Gasteiger partial charge in [0.05, 0.1) is 0 Å². The summed E-state index contributed by atoms with van der Waals surface area (Å²) >= 11 is 0. The third kappa shape index (κ3) is 3.68. The van der Waals surface area contributed by atoms with E-state index in [2.05, 4.69) is 0 Å². The van der Waals surface area contributed by atoms with E-state index in [4.69, 9.17) is 5.73 Å². The smallest absolute Gasteiger partial charge is 0.187 e. The SMILES string of the molecule is Nc1ccccc1C(=O)/C=C/C=C/c1ccccc1. The highest BCUT2D eigenvalue weighted by molar-refractivity contribution is 6.08. The fourth-order valence-electron chi connectivity index (χ4n) is 1.68. The van der Waals surface area contributed by atoms with Gasteiger partial charge < -0.3 is 5.73 Å². The number of nitrogen functional groups attached to an aromatic ring is 1. The molecule has 0 atom stereocenters. The maximum absolute atomic E-state index is 11.9. The van der Waals surface area contributed by atoms with Crippen LogP contribution in [0.5, 0.6) is 0 Å². The number of anilines is 1. The minimum absolute atomic E-state index is 0.0872. The lowest BCUT2D eigenvalue weighted by Crippen LogP contribution is -1.99. The summed E-state index contributed by atoms with van der Waals surface area (Å²) in [5.41, 5.74) is 7.88. The topological polar surface area (TPSA) is 43.1 Å². The standard InChI is InChI=1S/C17H15NO/c18-16-12-6-5-11-15(16)17(19)13-7-4-10-14-8-2-1-3-9-14/h1-13H,18H2/b10-4+,13-7+. The lowest BCUT2D eigenvalue weighted by Gasteiger charge is -1.99. The molecule has 2 aromatic carbocycles. The third-order valence-electron chi connectivity index (χ3n) is 2.67. The van der Waals surface area contributed by atoms with Crippen molar-refractivity contribution < 1.29 is 4.79 Å². The quantitative estimate of drug-likeness (QED) is 0.388. The molecular weight excluding hydrogens is 234 g/mol. The maximum Gasteiger partial charge on any atom is 0.187 e. The predicted octanol–water partition coefficient (Wildman–Crippen LogP) is 3.72. The second-order valence-corrected chi connectivity index (χ2v) is 4.08. The fourth-order valence-corrected chi connectivity index (χ4v) is 1.68. The lowest BCUT2D eigenvalue weighted by molar-refractivity contribution is 0.104. The van der Waals surface area contributed by atoms with Crippen molar-refractivity contribution in [3.05, 3.63) is 84.0 Å². The average molecular weight is 249 g/mol. The number of carbonyl (C=O) groups excluding carboxylic acids is 1. The van der Waals surface area contributed by atoms with Crippen LogP contribution in [0.1, 0.15) is 15.9 Å². The highest BCUT2D eigenvalue weighted by Crippen LogP contribution is 2.11. The van der Waals surface area contributed by atoms with Gasteiger partial charge in [-0.3, -0.25) is 4.79 Å². The van der Waals surface area contributed by atoms with Crippen molar-refractivity contribution in [2.24, 2.45) is 0 Å². The number of nitrogens with two attached hydrogens (primary N) is 1. The molecule has 0 radical (unpaired) electrons. The monoisotopic (exact) mass is 249 g/mol. The lowest BCUT2D eigenvalue weighted by atomic mass is 10.1. The Kier molecular flexibility index (Phi) is 4.29. The third-order valence-corrected chi connectivity index (χ3v) is 2.67. The molecule has 0 saturated heterocycles. The molecule has 2 rings (SSSR count). The van der Waals surface area contributed by atoms with Gasteiger partial charge in [0.15, 0.2) is 5.78 Å². The summed E-state index contributed by atoms with van der Waals surface area (Å²) in [5, 5.41) is 0. The number of ketones is 1. The van der Waals surface area contributed by atoms with E-state index in [1.165, 1.54) is 6.08 Å². The average Bonchev–Trinajstić information content (AvgIpc) is 2.45. The van der Waals surface area contributed by atoms with E-state index in [0.717, 1.165) is 5.56 Å². The summed E-state index contributed by atoms with van der Waals surface area (Å²) in [6, 6.07) is 17.0. The molecule has 0 aromatic heterocycles. The van der Waals surface area contributed by atoms with Gasteiger partial charge in [0, 0.05) is 11.3 Å². The molecule has 0 bridgehead atoms. The molecule has 0 aliphatic carbocycles. The summed E-state index contributed by atoms with van der Waals surface area (Å²) in [6.07, 6.45) is 7.03. The Hall–Kier alpha value is -2.61. The molecule has 0 heterocycles. The molecule has 2 N–H and O–H groups in total. The van der Waals surface area contributed by atoms with Gasteiger partial charge in [0.25, 0.3) is 0 Å². The second kappa shape index (κ2) is 6.36. The van der Waals surface area contributed by atoms with Crippen LogP contribution in [0.2, 0.25) is 0 Å². The summed E-state index contributed by atoms with van der Waals surface area (Å²) in [5.74, 6) is -0.0872. The van der Waals surface area contributed by atoms with Gasteiger partial charge in [0.2, 0.25) is 0 Å². The van der Waals surface area contributed by atoms with Crippen LogP contribution in [0.3, 0.4) is 0 Å². The fraction of sp³-hybridized carbons (Fsp3) is 0. The van der Waals surface area contributed by atoms with Crippen molar-refractivity contribution in [2.75, 3.05) is 5.73 Å². The molecule has 2 nitrogen and oxygen atoms in total. The predicted molar refractivity (Wildman–Crippen MR) is 79.8 cm³/mol. The normalized spacial score (nSPS) is 11.2. The number of para-hydroxylation sites is 1. The maximum atomic E-state index is 11.9. The largest absolute Gasteiger partial charge is 0.398 e. The van der Waals surface area contributed by atoms with Crippen LogP contribution in [-0.2, 0) is 0 Å². The molecule has 0 amide bonds. The molecule has 94 valence electrons. The van der Waals surface area contributed by atoms with Crippen LogP contribution in [0.4, 0.5) is 5.69 Å². The summed E-state index contributed by atoms with van der Waals surface area (Å²) in [7, 11) is 0. The first-order valence-corrected chi connectivity index (χ1v) is 6.06. The van der Waals surface area contributed by atoms with Gasteiger partial charge in [-0.25, -0.2) is 0 Å². The van der Waals surface area contributed by atoms with Crippen molar-refractivity contribution in [3.63, 3.8) is 0 Å². The van der Waals surface area contributed by atoms with Crippen LogP contribution in [-0.4, -0.2) is 5.78 Å². The number of hydrogen-bond donors (Lipinski definition) is 1. The minimum atomic E-state index is -0.0872. The zero-order valence-corrected chi connectivity index (χ0v) is 10.5. The van der Waals surface area contributed by atoms with E-state index in [1.54, 1.807) is 24.3 Å².